The lowest BCUT2D eigenvalue weighted by atomic mass is 10.0. The number of rotatable bonds is 4. The molecule has 28 heavy (non-hydrogen) atoms. The molecule has 2 heterocycles. The van der Waals surface area contributed by atoms with Crippen LogP contribution in [0.3, 0.4) is 0 Å². The van der Waals surface area contributed by atoms with Crippen LogP contribution < -0.4 is 10.5 Å². The molecule has 1 aliphatic rings. The molecule has 1 aromatic carbocycles. The number of nitrogens with two attached hydrogens (primary N) is 1. The average molecular weight is 397 g/mol. The van der Waals surface area contributed by atoms with E-state index in [0.29, 0.717) is 23.6 Å². The molecular weight excluding hydrogens is 381 g/mol. The molecule has 0 saturated heterocycles. The number of anilines is 1. The molecule has 4 rings (SSSR count). The van der Waals surface area contributed by atoms with E-state index in [9.17, 15) is 17.6 Å². The highest BCUT2D eigenvalue weighted by Crippen LogP contribution is 2.43. The van der Waals surface area contributed by atoms with Crippen LogP contribution in [0.1, 0.15) is 31.5 Å². The fourth-order valence-corrected chi connectivity index (χ4v) is 3.38. The molecule has 0 bridgehead atoms. The molecule has 3 aromatic rings. The summed E-state index contributed by atoms with van der Waals surface area (Å²) in [4.78, 5) is 4.20. The fourth-order valence-electron chi connectivity index (χ4n) is 3.38. The summed E-state index contributed by atoms with van der Waals surface area (Å²) in [7, 11) is 0. The van der Waals surface area contributed by atoms with E-state index < -0.39 is 35.0 Å². The van der Waals surface area contributed by atoms with Gasteiger partial charge in [0.25, 0.3) is 0 Å². The summed E-state index contributed by atoms with van der Waals surface area (Å²) in [5.74, 6) is -3.33. The lowest BCUT2D eigenvalue weighted by Gasteiger charge is -2.16. The Morgan fingerprint density at radius 2 is 1.96 bits per heavy atom. The maximum atomic E-state index is 15.4. The predicted octanol–water partition coefficient (Wildman–Crippen LogP) is 5.36. The van der Waals surface area contributed by atoms with Gasteiger partial charge in [0.05, 0.1) is 16.8 Å². The maximum Gasteiger partial charge on any atom is 0.573 e. The number of pyridine rings is 1. The van der Waals surface area contributed by atoms with Crippen LogP contribution in [0.5, 0.6) is 5.75 Å². The quantitative estimate of drug-likeness (QED) is 0.476. The number of hydrogen-bond acceptors (Lipinski definition) is 3. The van der Waals surface area contributed by atoms with Crippen molar-refractivity contribution in [3.8, 4) is 17.0 Å². The molecule has 1 aliphatic carbocycles. The number of alkyl halides is 3. The van der Waals surface area contributed by atoms with E-state index in [1.807, 2.05) is 0 Å². The number of benzene rings is 1. The molecule has 1 saturated carbocycles. The first-order valence-corrected chi connectivity index (χ1v) is 8.73. The van der Waals surface area contributed by atoms with E-state index in [2.05, 4.69) is 9.72 Å². The number of aromatic nitrogens is 2. The monoisotopic (exact) mass is 397 g/mol. The molecule has 1 fully saturated rings. The summed E-state index contributed by atoms with van der Waals surface area (Å²) in [5, 5.41) is 0.582. The Kier molecular flexibility index (Phi) is 4.20. The Labute approximate surface area is 156 Å². The summed E-state index contributed by atoms with van der Waals surface area (Å²) in [5.41, 5.74) is 5.26. The standard InChI is InChI=1S/C19H16F5N3O/c1-2-14-11-5-6-27(10-3-4-10)17(11)15(21)16(26-14)12-7-9(25)8-13(20)18(12)28-19(22,23)24/h5-8,10H,2-4,25H2,1H3. The number of hydrogen-bond donors (Lipinski definition) is 1. The minimum atomic E-state index is -5.16. The SMILES string of the molecule is CCc1nc(-c2cc(N)cc(F)c2OC(F)(F)F)c(F)c2c1ccn2C1CC1. The lowest BCUT2D eigenvalue weighted by molar-refractivity contribution is -0.275. The van der Waals surface area contributed by atoms with Crippen LogP contribution in [-0.4, -0.2) is 15.9 Å². The first-order chi connectivity index (χ1) is 13.2. The van der Waals surface area contributed by atoms with Crippen LogP contribution in [0.4, 0.5) is 27.6 Å². The van der Waals surface area contributed by atoms with Gasteiger partial charge in [0.1, 0.15) is 5.69 Å². The van der Waals surface area contributed by atoms with Gasteiger partial charge in [-0.15, -0.1) is 13.2 Å². The largest absolute Gasteiger partial charge is 0.573 e. The van der Waals surface area contributed by atoms with Gasteiger partial charge in [-0.05, 0) is 31.4 Å². The third-order valence-electron chi connectivity index (χ3n) is 4.70. The van der Waals surface area contributed by atoms with Gasteiger partial charge in [-0.25, -0.2) is 13.8 Å². The van der Waals surface area contributed by atoms with Crippen LogP contribution in [0.2, 0.25) is 0 Å². The van der Waals surface area contributed by atoms with Gasteiger partial charge >= 0.3 is 6.36 Å². The van der Waals surface area contributed by atoms with Crippen LogP contribution >= 0.6 is 0 Å². The summed E-state index contributed by atoms with van der Waals surface area (Å²) in [6.45, 7) is 1.80. The highest BCUT2D eigenvalue weighted by Gasteiger charge is 2.35. The molecule has 0 spiro atoms. The predicted molar refractivity (Wildman–Crippen MR) is 93.8 cm³/mol. The van der Waals surface area contributed by atoms with E-state index in [0.717, 1.165) is 18.9 Å². The Morgan fingerprint density at radius 3 is 2.57 bits per heavy atom. The number of nitrogens with zero attached hydrogens (tertiary/aromatic N) is 2. The second-order valence-corrected chi connectivity index (χ2v) is 6.72. The van der Waals surface area contributed by atoms with Crippen molar-refractivity contribution >= 4 is 16.6 Å². The summed E-state index contributed by atoms with van der Waals surface area (Å²) >= 11 is 0. The summed E-state index contributed by atoms with van der Waals surface area (Å²) in [6, 6.07) is 3.59. The molecule has 0 aliphatic heterocycles. The number of fused-ring (bicyclic) bond motifs is 1. The molecule has 148 valence electrons. The van der Waals surface area contributed by atoms with Crippen molar-refractivity contribution in [3.05, 3.63) is 41.7 Å². The van der Waals surface area contributed by atoms with Crippen LogP contribution in [0.25, 0.3) is 22.2 Å². The van der Waals surface area contributed by atoms with Gasteiger partial charge in [-0.2, -0.15) is 0 Å². The molecule has 0 unspecified atom stereocenters. The molecule has 0 radical (unpaired) electrons. The first-order valence-electron chi connectivity index (χ1n) is 8.73. The number of nitrogen functional groups attached to an aromatic ring is 1. The lowest BCUT2D eigenvalue weighted by Crippen LogP contribution is -2.19. The maximum absolute atomic E-state index is 15.4. The normalized spacial score (nSPS) is 14.6. The van der Waals surface area contributed by atoms with E-state index >= 15 is 4.39 Å². The first kappa shape index (κ1) is 18.5. The van der Waals surface area contributed by atoms with Crippen molar-refractivity contribution in [2.75, 3.05) is 5.73 Å². The van der Waals surface area contributed by atoms with E-state index in [-0.39, 0.29) is 17.2 Å². The summed E-state index contributed by atoms with van der Waals surface area (Å²) < 4.78 is 73.7. The second-order valence-electron chi connectivity index (χ2n) is 6.72. The molecule has 2 aromatic heterocycles. The molecule has 0 amide bonds. The Balaban J connectivity index is 2.02. The number of ether oxygens (including phenoxy) is 1. The van der Waals surface area contributed by atoms with Crippen molar-refractivity contribution in [2.24, 2.45) is 0 Å². The molecule has 9 heteroatoms. The Morgan fingerprint density at radius 1 is 1.25 bits per heavy atom. The number of halogens is 5. The van der Waals surface area contributed by atoms with E-state index in [4.69, 9.17) is 5.73 Å². The zero-order chi connectivity index (χ0) is 20.2. The van der Waals surface area contributed by atoms with Crippen molar-refractivity contribution in [1.29, 1.82) is 0 Å². The van der Waals surface area contributed by atoms with Crippen LogP contribution in [0.15, 0.2) is 24.4 Å². The Bertz CT molecular complexity index is 1070. The zero-order valence-corrected chi connectivity index (χ0v) is 14.8. The number of aryl methyl sites for hydroxylation is 1. The molecule has 4 nitrogen and oxygen atoms in total. The van der Waals surface area contributed by atoms with E-state index in [1.165, 1.54) is 0 Å². The van der Waals surface area contributed by atoms with Gasteiger partial charge in [0.2, 0.25) is 0 Å². The molecule has 0 atom stereocenters. The van der Waals surface area contributed by atoms with Gasteiger partial charge in [-0.3, -0.25) is 0 Å². The zero-order valence-electron chi connectivity index (χ0n) is 14.8. The third kappa shape index (κ3) is 3.14. The van der Waals surface area contributed by atoms with E-state index in [1.54, 1.807) is 23.8 Å². The average Bonchev–Trinajstić information content (AvgIpc) is 3.35. The smallest absolute Gasteiger partial charge is 0.402 e. The van der Waals surface area contributed by atoms with Crippen LogP contribution in [-0.2, 0) is 6.42 Å². The topological polar surface area (TPSA) is 53.1 Å². The van der Waals surface area contributed by atoms with Crippen molar-refractivity contribution < 1.29 is 26.7 Å². The fraction of sp³-hybridized carbons (Fsp3) is 0.316. The van der Waals surface area contributed by atoms with Crippen molar-refractivity contribution in [3.63, 3.8) is 0 Å². The minimum absolute atomic E-state index is 0.135. The van der Waals surface area contributed by atoms with Crippen molar-refractivity contribution in [2.45, 2.75) is 38.6 Å². The highest BCUT2D eigenvalue weighted by molar-refractivity contribution is 5.88. The second kappa shape index (κ2) is 6.35. The third-order valence-corrected chi connectivity index (χ3v) is 4.70. The van der Waals surface area contributed by atoms with Gasteiger partial charge in [0, 0.05) is 29.4 Å². The minimum Gasteiger partial charge on any atom is -0.402 e. The van der Waals surface area contributed by atoms with Gasteiger partial charge < -0.3 is 15.0 Å². The highest BCUT2D eigenvalue weighted by atomic mass is 19.4. The Hall–Kier alpha value is -2.84. The van der Waals surface area contributed by atoms with Crippen molar-refractivity contribution in [1.82, 2.24) is 9.55 Å². The van der Waals surface area contributed by atoms with Gasteiger partial charge in [0.15, 0.2) is 17.4 Å². The van der Waals surface area contributed by atoms with Gasteiger partial charge in [-0.1, -0.05) is 6.92 Å². The summed E-state index contributed by atoms with van der Waals surface area (Å²) in [6.07, 6.45) is -1.23. The van der Waals surface area contributed by atoms with Crippen LogP contribution in [0, 0.1) is 11.6 Å². The molecular formula is C19H16F5N3O. The molecule has 2 N–H and O–H groups in total.